The molecular weight excluding hydrogens is 399 g/mol. The molecule has 160 valence electrons. The molecule has 0 bridgehead atoms. The van der Waals surface area contributed by atoms with Crippen molar-refractivity contribution in [2.24, 2.45) is 5.92 Å². The molecule has 1 aliphatic heterocycles. The molecule has 2 amide bonds. The van der Waals surface area contributed by atoms with Crippen LogP contribution in [0.2, 0.25) is 0 Å². The summed E-state index contributed by atoms with van der Waals surface area (Å²) in [6.45, 7) is 5.79. The van der Waals surface area contributed by atoms with Crippen molar-refractivity contribution < 1.29 is 14.0 Å². The Morgan fingerprint density at radius 1 is 1.10 bits per heavy atom. The summed E-state index contributed by atoms with van der Waals surface area (Å²) >= 11 is 1.69. The molecule has 0 atom stereocenters. The maximum absolute atomic E-state index is 13.7. The molecule has 0 radical (unpaired) electrons. The number of piperidine rings is 1. The summed E-state index contributed by atoms with van der Waals surface area (Å²) in [5, 5.41) is 3.32. The van der Waals surface area contributed by atoms with E-state index in [-0.39, 0.29) is 23.5 Å². The number of hydrogen-bond donors (Lipinski definition) is 1. The Morgan fingerprint density at radius 2 is 1.77 bits per heavy atom. The molecule has 0 unspecified atom stereocenters. The normalized spacial score (nSPS) is 14.7. The highest BCUT2D eigenvalue weighted by atomic mass is 32.2. The van der Waals surface area contributed by atoms with Crippen molar-refractivity contribution in [1.82, 2.24) is 10.2 Å². The molecule has 1 saturated heterocycles. The number of hydrogen-bond acceptors (Lipinski definition) is 3. The molecular formula is C24H29FN2O2S. The van der Waals surface area contributed by atoms with Gasteiger partial charge in [0.2, 0.25) is 5.91 Å². The SMILES string of the molecule is CC(C)Sc1ccccc1C(=O)N1CCC(C(=O)NCCc2ccccc2F)CC1. The van der Waals surface area contributed by atoms with E-state index in [1.165, 1.54) is 6.07 Å². The van der Waals surface area contributed by atoms with Gasteiger partial charge >= 0.3 is 0 Å². The Labute approximate surface area is 182 Å². The summed E-state index contributed by atoms with van der Waals surface area (Å²) in [6.07, 6.45) is 1.77. The maximum atomic E-state index is 13.7. The molecule has 0 aromatic heterocycles. The summed E-state index contributed by atoms with van der Waals surface area (Å²) in [6, 6.07) is 14.4. The van der Waals surface area contributed by atoms with E-state index in [9.17, 15) is 14.0 Å². The lowest BCUT2D eigenvalue weighted by Crippen LogP contribution is -2.43. The highest BCUT2D eigenvalue weighted by molar-refractivity contribution is 8.00. The highest BCUT2D eigenvalue weighted by Crippen LogP contribution is 2.28. The molecule has 0 aliphatic carbocycles. The molecule has 3 rings (SSSR count). The largest absolute Gasteiger partial charge is 0.356 e. The molecule has 30 heavy (non-hydrogen) atoms. The predicted molar refractivity (Wildman–Crippen MR) is 119 cm³/mol. The summed E-state index contributed by atoms with van der Waals surface area (Å²) in [5.74, 6) is -0.309. The van der Waals surface area contributed by atoms with Crippen molar-refractivity contribution in [1.29, 1.82) is 0 Å². The molecule has 1 N–H and O–H groups in total. The average Bonchev–Trinajstić information content (AvgIpc) is 2.74. The molecule has 1 aliphatic rings. The van der Waals surface area contributed by atoms with E-state index < -0.39 is 0 Å². The van der Waals surface area contributed by atoms with Crippen LogP contribution in [0.1, 0.15) is 42.6 Å². The Hall–Kier alpha value is -2.34. The fourth-order valence-corrected chi connectivity index (χ4v) is 4.63. The number of likely N-dealkylation sites (tertiary alicyclic amines) is 1. The van der Waals surface area contributed by atoms with Gasteiger partial charge in [-0.1, -0.05) is 44.2 Å². The lowest BCUT2D eigenvalue weighted by molar-refractivity contribution is -0.126. The number of thioether (sulfide) groups is 1. The Balaban J connectivity index is 1.49. The van der Waals surface area contributed by atoms with Gasteiger partial charge in [0.05, 0.1) is 5.56 Å². The van der Waals surface area contributed by atoms with E-state index in [0.717, 1.165) is 10.5 Å². The van der Waals surface area contributed by atoms with E-state index in [2.05, 4.69) is 19.2 Å². The Bertz CT molecular complexity index is 879. The lowest BCUT2D eigenvalue weighted by Gasteiger charge is -2.32. The van der Waals surface area contributed by atoms with E-state index in [1.807, 2.05) is 29.2 Å². The van der Waals surface area contributed by atoms with Crippen LogP contribution in [0.4, 0.5) is 4.39 Å². The van der Waals surface area contributed by atoms with Crippen molar-refractivity contribution in [2.75, 3.05) is 19.6 Å². The average molecular weight is 429 g/mol. The minimum absolute atomic E-state index is 0.00537. The molecule has 1 fully saturated rings. The highest BCUT2D eigenvalue weighted by Gasteiger charge is 2.28. The van der Waals surface area contributed by atoms with Crippen LogP contribution in [-0.2, 0) is 11.2 Å². The predicted octanol–water partition coefficient (Wildman–Crippen LogP) is 4.54. The minimum Gasteiger partial charge on any atom is -0.356 e. The maximum Gasteiger partial charge on any atom is 0.254 e. The molecule has 1 heterocycles. The summed E-state index contributed by atoms with van der Waals surface area (Å²) < 4.78 is 13.7. The topological polar surface area (TPSA) is 49.4 Å². The zero-order chi connectivity index (χ0) is 21.5. The second kappa shape index (κ2) is 10.6. The van der Waals surface area contributed by atoms with Crippen LogP contribution in [-0.4, -0.2) is 41.6 Å². The number of amides is 2. The van der Waals surface area contributed by atoms with Crippen LogP contribution in [0.3, 0.4) is 0 Å². The van der Waals surface area contributed by atoms with Crippen molar-refractivity contribution >= 4 is 23.6 Å². The van der Waals surface area contributed by atoms with Crippen molar-refractivity contribution in [3.8, 4) is 0 Å². The molecule has 4 nitrogen and oxygen atoms in total. The lowest BCUT2D eigenvalue weighted by atomic mass is 9.95. The van der Waals surface area contributed by atoms with Crippen molar-refractivity contribution in [2.45, 2.75) is 43.3 Å². The quantitative estimate of drug-likeness (QED) is 0.659. The van der Waals surface area contributed by atoms with Crippen LogP contribution >= 0.6 is 11.8 Å². The molecule has 6 heteroatoms. The van der Waals surface area contributed by atoms with Gasteiger partial charge in [0, 0.05) is 35.7 Å². The van der Waals surface area contributed by atoms with Crippen LogP contribution in [0.25, 0.3) is 0 Å². The number of carbonyl (C=O) groups excluding carboxylic acids is 2. The van der Waals surface area contributed by atoms with E-state index in [0.29, 0.717) is 49.7 Å². The monoisotopic (exact) mass is 428 g/mol. The first-order valence-electron chi connectivity index (χ1n) is 10.5. The molecule has 0 saturated carbocycles. The van der Waals surface area contributed by atoms with Gasteiger partial charge in [-0.05, 0) is 43.0 Å². The second-order valence-electron chi connectivity index (χ2n) is 7.86. The molecule has 2 aromatic rings. The van der Waals surface area contributed by atoms with Gasteiger partial charge in [0.15, 0.2) is 0 Å². The van der Waals surface area contributed by atoms with Crippen LogP contribution in [0.15, 0.2) is 53.4 Å². The standard InChI is InChI=1S/C24H29FN2O2S/c1-17(2)30-22-10-6-4-8-20(22)24(29)27-15-12-19(13-16-27)23(28)26-14-11-18-7-3-5-9-21(18)25/h3-10,17,19H,11-16H2,1-2H3,(H,26,28). The molecule has 0 spiro atoms. The van der Waals surface area contributed by atoms with Crippen molar-refractivity contribution in [3.05, 3.63) is 65.5 Å². The number of carbonyl (C=O) groups is 2. The fourth-order valence-electron chi connectivity index (χ4n) is 3.68. The number of benzene rings is 2. The van der Waals surface area contributed by atoms with Gasteiger partial charge in [-0.3, -0.25) is 9.59 Å². The van der Waals surface area contributed by atoms with Crippen LogP contribution < -0.4 is 5.32 Å². The van der Waals surface area contributed by atoms with Gasteiger partial charge in [-0.25, -0.2) is 4.39 Å². The summed E-state index contributed by atoms with van der Waals surface area (Å²) in [7, 11) is 0. The number of halogens is 1. The number of nitrogens with zero attached hydrogens (tertiary/aromatic N) is 1. The zero-order valence-electron chi connectivity index (χ0n) is 17.6. The van der Waals surface area contributed by atoms with Gasteiger partial charge in [-0.15, -0.1) is 11.8 Å². The van der Waals surface area contributed by atoms with Crippen LogP contribution in [0, 0.1) is 11.7 Å². The first-order chi connectivity index (χ1) is 14.5. The van der Waals surface area contributed by atoms with E-state index >= 15 is 0 Å². The van der Waals surface area contributed by atoms with E-state index in [4.69, 9.17) is 0 Å². The first-order valence-corrected chi connectivity index (χ1v) is 11.4. The third-order valence-corrected chi connectivity index (χ3v) is 6.37. The fraction of sp³-hybridized carbons (Fsp3) is 0.417. The Morgan fingerprint density at radius 3 is 2.47 bits per heavy atom. The van der Waals surface area contributed by atoms with Crippen molar-refractivity contribution in [3.63, 3.8) is 0 Å². The zero-order valence-corrected chi connectivity index (χ0v) is 18.4. The van der Waals surface area contributed by atoms with E-state index in [1.54, 1.807) is 30.0 Å². The smallest absolute Gasteiger partial charge is 0.254 e. The van der Waals surface area contributed by atoms with Gasteiger partial charge in [-0.2, -0.15) is 0 Å². The summed E-state index contributed by atoms with van der Waals surface area (Å²) in [4.78, 5) is 28.4. The second-order valence-corrected chi connectivity index (χ2v) is 9.48. The molecule has 2 aromatic carbocycles. The summed E-state index contributed by atoms with van der Waals surface area (Å²) in [5.41, 5.74) is 1.35. The van der Waals surface area contributed by atoms with Gasteiger partial charge in [0.25, 0.3) is 5.91 Å². The third kappa shape index (κ3) is 5.85. The number of rotatable bonds is 7. The van der Waals surface area contributed by atoms with Gasteiger partial charge < -0.3 is 10.2 Å². The first kappa shape index (κ1) is 22.3. The minimum atomic E-state index is -0.241. The Kier molecular flexibility index (Phi) is 7.91. The van der Waals surface area contributed by atoms with Crippen LogP contribution in [0.5, 0.6) is 0 Å². The number of nitrogens with one attached hydrogen (secondary N) is 1. The third-order valence-electron chi connectivity index (χ3n) is 5.28. The van der Waals surface area contributed by atoms with Gasteiger partial charge in [0.1, 0.15) is 5.82 Å².